The molecule has 3 nitrogen and oxygen atoms in total. The molecule has 104 valence electrons. The maximum absolute atomic E-state index is 11.3. The van der Waals surface area contributed by atoms with Crippen molar-refractivity contribution in [3.8, 4) is 0 Å². The Morgan fingerprint density at radius 1 is 1.42 bits per heavy atom. The molecule has 19 heavy (non-hydrogen) atoms. The summed E-state index contributed by atoms with van der Waals surface area (Å²) in [6.07, 6.45) is 4.77. The molecule has 0 amide bonds. The van der Waals surface area contributed by atoms with Crippen LogP contribution in [0, 0.1) is 5.92 Å². The predicted octanol–water partition coefficient (Wildman–Crippen LogP) is 4.16. The van der Waals surface area contributed by atoms with Crippen LogP contribution < -0.4 is 4.90 Å². The zero-order valence-corrected chi connectivity index (χ0v) is 12.8. The van der Waals surface area contributed by atoms with Crippen molar-refractivity contribution in [3.05, 3.63) is 28.2 Å². The number of carboxylic acids is 1. The van der Waals surface area contributed by atoms with Gasteiger partial charge in [0.25, 0.3) is 0 Å². The number of aromatic carboxylic acids is 1. The number of hydrogen-bond donors (Lipinski definition) is 1. The fourth-order valence-corrected chi connectivity index (χ4v) is 3.11. The average Bonchev–Trinajstić information content (AvgIpc) is 2.63. The lowest BCUT2D eigenvalue weighted by Gasteiger charge is -2.24. The van der Waals surface area contributed by atoms with E-state index in [2.05, 4.69) is 27.8 Å². The maximum Gasteiger partial charge on any atom is 0.337 e. The van der Waals surface area contributed by atoms with E-state index >= 15 is 0 Å². The minimum absolute atomic E-state index is 0.401. The molecule has 2 rings (SSSR count). The Labute approximate surface area is 122 Å². The van der Waals surface area contributed by atoms with Gasteiger partial charge in [0.15, 0.2) is 0 Å². The Morgan fingerprint density at radius 2 is 2.21 bits per heavy atom. The number of rotatable bonds is 3. The normalized spacial score (nSPS) is 20.1. The van der Waals surface area contributed by atoms with E-state index < -0.39 is 5.97 Å². The summed E-state index contributed by atoms with van der Waals surface area (Å²) in [5.41, 5.74) is 1.25. The fourth-order valence-electron chi connectivity index (χ4n) is 2.76. The molecule has 0 radical (unpaired) electrons. The molecule has 1 aliphatic heterocycles. The summed E-state index contributed by atoms with van der Waals surface area (Å²) in [4.78, 5) is 13.6. The van der Waals surface area contributed by atoms with Crippen molar-refractivity contribution >= 4 is 27.6 Å². The smallest absolute Gasteiger partial charge is 0.337 e. The lowest BCUT2D eigenvalue weighted by molar-refractivity contribution is 0.0697. The minimum Gasteiger partial charge on any atom is -0.478 e. The van der Waals surface area contributed by atoms with Gasteiger partial charge in [0.05, 0.1) is 11.3 Å². The summed E-state index contributed by atoms with van der Waals surface area (Å²) in [5.74, 6) is -0.0655. The SMILES string of the molecule is CCC1CCCN(c2cc(Br)ccc2C(=O)O)CC1. The number of carboxylic acid groups (broad SMARTS) is 1. The topological polar surface area (TPSA) is 40.5 Å². The van der Waals surface area contributed by atoms with Crippen LogP contribution in [0.3, 0.4) is 0 Å². The number of halogens is 1. The Kier molecular flexibility index (Phi) is 4.86. The van der Waals surface area contributed by atoms with Crippen LogP contribution in [0.15, 0.2) is 22.7 Å². The van der Waals surface area contributed by atoms with Gasteiger partial charge < -0.3 is 10.0 Å². The highest BCUT2D eigenvalue weighted by Gasteiger charge is 2.20. The molecule has 0 bridgehead atoms. The molecule has 1 N–H and O–H groups in total. The molecule has 1 aromatic rings. The Morgan fingerprint density at radius 3 is 2.89 bits per heavy atom. The molecule has 1 heterocycles. The van der Waals surface area contributed by atoms with Crippen molar-refractivity contribution in [1.29, 1.82) is 0 Å². The van der Waals surface area contributed by atoms with Gasteiger partial charge in [0.1, 0.15) is 0 Å². The van der Waals surface area contributed by atoms with Crippen molar-refractivity contribution in [2.24, 2.45) is 5.92 Å². The van der Waals surface area contributed by atoms with Gasteiger partial charge in [-0.15, -0.1) is 0 Å². The summed E-state index contributed by atoms with van der Waals surface area (Å²) in [5, 5.41) is 9.31. The highest BCUT2D eigenvalue weighted by Crippen LogP contribution is 2.29. The van der Waals surface area contributed by atoms with Gasteiger partial charge in [0.2, 0.25) is 0 Å². The van der Waals surface area contributed by atoms with E-state index in [1.807, 2.05) is 6.07 Å². The lowest BCUT2D eigenvalue weighted by atomic mass is 9.98. The van der Waals surface area contributed by atoms with Crippen LogP contribution in [0.4, 0.5) is 5.69 Å². The summed E-state index contributed by atoms with van der Waals surface area (Å²) in [6.45, 7) is 4.14. The van der Waals surface area contributed by atoms with E-state index in [-0.39, 0.29) is 0 Å². The van der Waals surface area contributed by atoms with E-state index in [1.165, 1.54) is 12.8 Å². The third-order valence-electron chi connectivity index (χ3n) is 3.96. The first-order chi connectivity index (χ1) is 9.11. The molecule has 0 aromatic heterocycles. The molecule has 1 aliphatic rings. The van der Waals surface area contributed by atoms with Gasteiger partial charge >= 0.3 is 5.97 Å². The van der Waals surface area contributed by atoms with Crippen LogP contribution >= 0.6 is 15.9 Å². The first-order valence-corrected chi connectivity index (χ1v) is 7.69. The Bertz CT molecular complexity index is 461. The van der Waals surface area contributed by atoms with Gasteiger partial charge in [-0.2, -0.15) is 0 Å². The van der Waals surface area contributed by atoms with Crippen molar-refractivity contribution in [2.75, 3.05) is 18.0 Å². The second-order valence-electron chi connectivity index (χ2n) is 5.16. The highest BCUT2D eigenvalue weighted by atomic mass is 79.9. The highest BCUT2D eigenvalue weighted by molar-refractivity contribution is 9.10. The van der Waals surface area contributed by atoms with Gasteiger partial charge in [-0.05, 0) is 43.4 Å². The van der Waals surface area contributed by atoms with Crippen LogP contribution in [0.25, 0.3) is 0 Å². The van der Waals surface area contributed by atoms with E-state index in [1.54, 1.807) is 12.1 Å². The second kappa shape index (κ2) is 6.42. The number of nitrogens with zero attached hydrogens (tertiary/aromatic N) is 1. The van der Waals surface area contributed by atoms with E-state index in [9.17, 15) is 9.90 Å². The van der Waals surface area contributed by atoms with Gasteiger partial charge in [-0.3, -0.25) is 0 Å². The molecule has 1 saturated heterocycles. The van der Waals surface area contributed by atoms with Gasteiger partial charge in [0, 0.05) is 17.6 Å². The van der Waals surface area contributed by atoms with Crippen LogP contribution in [0.2, 0.25) is 0 Å². The van der Waals surface area contributed by atoms with E-state index in [0.717, 1.165) is 42.0 Å². The molecule has 0 saturated carbocycles. The molecular formula is C15H20BrNO2. The van der Waals surface area contributed by atoms with Crippen LogP contribution in [0.1, 0.15) is 43.0 Å². The zero-order chi connectivity index (χ0) is 13.8. The third-order valence-corrected chi connectivity index (χ3v) is 4.45. The maximum atomic E-state index is 11.3. The van der Waals surface area contributed by atoms with Crippen molar-refractivity contribution in [3.63, 3.8) is 0 Å². The van der Waals surface area contributed by atoms with E-state index in [4.69, 9.17) is 0 Å². The number of anilines is 1. The molecule has 1 unspecified atom stereocenters. The molecule has 1 aromatic carbocycles. The fraction of sp³-hybridized carbons (Fsp3) is 0.533. The molecule has 0 spiro atoms. The summed E-state index contributed by atoms with van der Waals surface area (Å²) >= 11 is 3.44. The predicted molar refractivity (Wildman–Crippen MR) is 80.9 cm³/mol. The van der Waals surface area contributed by atoms with Crippen LogP contribution in [0.5, 0.6) is 0 Å². The number of hydrogen-bond acceptors (Lipinski definition) is 2. The molecule has 4 heteroatoms. The quantitative estimate of drug-likeness (QED) is 0.906. The van der Waals surface area contributed by atoms with Crippen LogP contribution in [-0.4, -0.2) is 24.2 Å². The largest absolute Gasteiger partial charge is 0.478 e. The van der Waals surface area contributed by atoms with Crippen LogP contribution in [-0.2, 0) is 0 Å². The molecule has 1 atom stereocenters. The Balaban J connectivity index is 2.25. The van der Waals surface area contributed by atoms with Crippen molar-refractivity contribution in [1.82, 2.24) is 0 Å². The number of benzene rings is 1. The monoisotopic (exact) mass is 325 g/mol. The third kappa shape index (κ3) is 3.50. The lowest BCUT2D eigenvalue weighted by Crippen LogP contribution is -2.26. The molecule has 1 fully saturated rings. The zero-order valence-electron chi connectivity index (χ0n) is 11.2. The molecular weight excluding hydrogens is 306 g/mol. The summed E-state index contributed by atoms with van der Waals surface area (Å²) in [7, 11) is 0. The second-order valence-corrected chi connectivity index (χ2v) is 6.07. The standard InChI is InChI=1S/C15H20BrNO2/c1-2-11-4-3-8-17(9-7-11)14-10-12(16)5-6-13(14)15(18)19/h5-6,10-11H,2-4,7-9H2,1H3,(H,18,19). The average molecular weight is 326 g/mol. The summed E-state index contributed by atoms with van der Waals surface area (Å²) in [6, 6.07) is 5.40. The first kappa shape index (κ1) is 14.4. The minimum atomic E-state index is -0.848. The van der Waals surface area contributed by atoms with Crippen molar-refractivity contribution < 1.29 is 9.90 Å². The van der Waals surface area contributed by atoms with E-state index in [0.29, 0.717) is 5.56 Å². The van der Waals surface area contributed by atoms with Gasteiger partial charge in [-0.1, -0.05) is 29.3 Å². The van der Waals surface area contributed by atoms with Crippen molar-refractivity contribution in [2.45, 2.75) is 32.6 Å². The summed E-state index contributed by atoms with van der Waals surface area (Å²) < 4.78 is 0.934. The number of carbonyl (C=O) groups is 1. The Hall–Kier alpha value is -1.03. The molecule has 0 aliphatic carbocycles. The van der Waals surface area contributed by atoms with Gasteiger partial charge in [-0.25, -0.2) is 4.79 Å². The first-order valence-electron chi connectivity index (χ1n) is 6.89.